The predicted molar refractivity (Wildman–Crippen MR) is 96.2 cm³/mol. The van der Waals surface area contributed by atoms with Crippen molar-refractivity contribution in [3.8, 4) is 0 Å². The predicted octanol–water partition coefficient (Wildman–Crippen LogP) is 1.65. The fraction of sp³-hybridized carbons (Fsp3) is 0.250. The van der Waals surface area contributed by atoms with Gasteiger partial charge < -0.3 is 9.30 Å². The molecule has 1 aromatic carbocycles. The minimum absolute atomic E-state index is 0.0865. The van der Waals surface area contributed by atoms with Crippen LogP contribution in [0.25, 0.3) is 10.2 Å². The number of fused-ring (bicyclic) bond motifs is 1. The van der Waals surface area contributed by atoms with Gasteiger partial charge in [0.05, 0.1) is 21.7 Å². The van der Waals surface area contributed by atoms with E-state index >= 15 is 0 Å². The number of amides is 1. The number of hydrogen-bond acceptors (Lipinski definition) is 7. The van der Waals surface area contributed by atoms with Crippen LogP contribution in [0.15, 0.2) is 35.5 Å². The number of nitrogens with zero attached hydrogens (tertiary/aromatic N) is 5. The molecule has 0 spiro atoms. The van der Waals surface area contributed by atoms with E-state index in [1.807, 2.05) is 0 Å². The molecule has 11 heteroatoms. The molecule has 27 heavy (non-hydrogen) atoms. The Labute approximate surface area is 156 Å². The Bertz CT molecular complexity index is 1110. The molecule has 2 aromatic heterocycles. The first kappa shape index (κ1) is 18.5. The highest BCUT2D eigenvalue weighted by molar-refractivity contribution is 7.16. The highest BCUT2D eigenvalue weighted by atomic mass is 32.1. The van der Waals surface area contributed by atoms with Gasteiger partial charge in [0.25, 0.3) is 11.6 Å². The monoisotopic (exact) mass is 389 g/mol. The lowest BCUT2D eigenvalue weighted by Crippen LogP contribution is -2.23. The number of nitro groups is 1. The van der Waals surface area contributed by atoms with Gasteiger partial charge in [0.15, 0.2) is 4.80 Å². The fourth-order valence-electron chi connectivity index (χ4n) is 2.48. The van der Waals surface area contributed by atoms with Crippen LogP contribution in [-0.2, 0) is 23.1 Å². The highest BCUT2D eigenvalue weighted by Gasteiger charge is 2.16. The van der Waals surface area contributed by atoms with Crippen molar-refractivity contribution in [1.29, 1.82) is 0 Å². The van der Waals surface area contributed by atoms with Crippen LogP contribution in [0.4, 0.5) is 5.69 Å². The van der Waals surface area contributed by atoms with Gasteiger partial charge in [-0.1, -0.05) is 11.3 Å². The SMILES string of the molecule is CCOC(=O)Cn1c(=NC(=O)c2ccnn2C)sc2cc([N+](=O)[O-])ccc21. The van der Waals surface area contributed by atoms with Gasteiger partial charge in [-0.3, -0.25) is 24.4 Å². The van der Waals surface area contributed by atoms with Gasteiger partial charge in [-0.25, -0.2) is 0 Å². The molecule has 0 N–H and O–H groups in total. The van der Waals surface area contributed by atoms with Crippen LogP contribution in [0.3, 0.4) is 0 Å². The van der Waals surface area contributed by atoms with Crippen LogP contribution in [0.2, 0.25) is 0 Å². The lowest BCUT2D eigenvalue weighted by Gasteiger charge is -2.05. The van der Waals surface area contributed by atoms with Crippen molar-refractivity contribution in [1.82, 2.24) is 14.3 Å². The Hall–Kier alpha value is -3.34. The highest BCUT2D eigenvalue weighted by Crippen LogP contribution is 2.23. The summed E-state index contributed by atoms with van der Waals surface area (Å²) in [6.07, 6.45) is 1.48. The standard InChI is InChI=1S/C16H15N5O5S/c1-3-26-14(22)9-20-11-5-4-10(21(24)25)8-13(11)27-16(20)18-15(23)12-6-7-17-19(12)2/h4-8H,3,9H2,1-2H3. The molecule has 1 amide bonds. The van der Waals surface area contributed by atoms with Gasteiger partial charge in [-0.2, -0.15) is 10.1 Å². The second kappa shape index (κ2) is 7.50. The van der Waals surface area contributed by atoms with Gasteiger partial charge in [-0.05, 0) is 19.1 Å². The summed E-state index contributed by atoms with van der Waals surface area (Å²) >= 11 is 1.08. The minimum atomic E-state index is -0.534. The topological polar surface area (TPSA) is 122 Å². The van der Waals surface area contributed by atoms with E-state index in [1.165, 1.54) is 39.7 Å². The lowest BCUT2D eigenvalue weighted by molar-refractivity contribution is -0.384. The molecule has 0 fully saturated rings. The van der Waals surface area contributed by atoms with Crippen LogP contribution in [-0.4, -0.2) is 37.8 Å². The maximum atomic E-state index is 12.5. The maximum absolute atomic E-state index is 12.5. The molecule has 0 aliphatic rings. The first-order valence-electron chi connectivity index (χ1n) is 7.91. The molecule has 3 rings (SSSR count). The molecule has 0 saturated heterocycles. The number of benzene rings is 1. The van der Waals surface area contributed by atoms with E-state index in [0.717, 1.165) is 11.3 Å². The number of carbonyl (C=O) groups is 2. The van der Waals surface area contributed by atoms with Crippen LogP contribution < -0.4 is 4.80 Å². The van der Waals surface area contributed by atoms with Gasteiger partial charge in [0, 0.05) is 25.4 Å². The number of non-ortho nitro benzene ring substituents is 1. The molecule has 0 radical (unpaired) electrons. The Morgan fingerprint density at radius 1 is 1.37 bits per heavy atom. The summed E-state index contributed by atoms with van der Waals surface area (Å²) in [5.74, 6) is -1.03. The number of esters is 1. The Morgan fingerprint density at radius 3 is 2.78 bits per heavy atom. The molecule has 0 bridgehead atoms. The molecular weight excluding hydrogens is 374 g/mol. The number of nitro benzene ring substituents is 1. The zero-order valence-corrected chi connectivity index (χ0v) is 15.3. The van der Waals surface area contributed by atoms with Crippen molar-refractivity contribution < 1.29 is 19.2 Å². The van der Waals surface area contributed by atoms with Crippen LogP contribution in [0, 0.1) is 10.1 Å². The second-order valence-corrected chi connectivity index (χ2v) is 6.45. The minimum Gasteiger partial charge on any atom is -0.465 e. The van der Waals surface area contributed by atoms with Crippen LogP contribution in [0.1, 0.15) is 17.4 Å². The van der Waals surface area contributed by atoms with E-state index in [-0.39, 0.29) is 29.3 Å². The number of rotatable bonds is 5. The summed E-state index contributed by atoms with van der Waals surface area (Å²) in [6, 6.07) is 5.77. The maximum Gasteiger partial charge on any atom is 0.326 e. The fourth-order valence-corrected chi connectivity index (χ4v) is 3.54. The number of ether oxygens (including phenoxy) is 1. The third kappa shape index (κ3) is 3.77. The average molecular weight is 389 g/mol. The Morgan fingerprint density at radius 2 is 2.15 bits per heavy atom. The largest absolute Gasteiger partial charge is 0.465 e. The molecule has 10 nitrogen and oxygen atoms in total. The normalized spacial score (nSPS) is 11.7. The zero-order chi connectivity index (χ0) is 19.6. The lowest BCUT2D eigenvalue weighted by atomic mass is 10.3. The van der Waals surface area contributed by atoms with E-state index < -0.39 is 16.8 Å². The van der Waals surface area contributed by atoms with Crippen molar-refractivity contribution in [3.63, 3.8) is 0 Å². The van der Waals surface area contributed by atoms with E-state index in [9.17, 15) is 19.7 Å². The molecule has 0 aliphatic heterocycles. The van der Waals surface area contributed by atoms with Crippen molar-refractivity contribution in [2.45, 2.75) is 13.5 Å². The van der Waals surface area contributed by atoms with E-state index in [2.05, 4.69) is 10.1 Å². The zero-order valence-electron chi connectivity index (χ0n) is 14.5. The Balaban J connectivity index is 2.15. The third-order valence-electron chi connectivity index (χ3n) is 3.71. The van der Waals surface area contributed by atoms with Crippen molar-refractivity contribution in [2.75, 3.05) is 6.61 Å². The summed E-state index contributed by atoms with van der Waals surface area (Å²) in [5.41, 5.74) is 0.743. The van der Waals surface area contributed by atoms with Gasteiger partial charge in [0.1, 0.15) is 12.2 Å². The van der Waals surface area contributed by atoms with E-state index in [0.29, 0.717) is 10.2 Å². The van der Waals surface area contributed by atoms with Crippen molar-refractivity contribution in [2.24, 2.45) is 12.0 Å². The van der Waals surface area contributed by atoms with Gasteiger partial charge in [0.2, 0.25) is 0 Å². The smallest absolute Gasteiger partial charge is 0.326 e. The molecule has 0 saturated carbocycles. The Kier molecular flexibility index (Phi) is 5.12. The molecule has 2 heterocycles. The van der Waals surface area contributed by atoms with Gasteiger partial charge in [-0.15, -0.1) is 0 Å². The number of aromatic nitrogens is 3. The number of hydrogen-bond donors (Lipinski definition) is 0. The molecule has 140 valence electrons. The molecule has 0 aliphatic carbocycles. The number of thiazole rings is 1. The second-order valence-electron chi connectivity index (χ2n) is 5.44. The van der Waals surface area contributed by atoms with Crippen LogP contribution >= 0.6 is 11.3 Å². The molecular formula is C16H15N5O5S. The summed E-state index contributed by atoms with van der Waals surface area (Å²) < 4.78 is 8.40. The first-order valence-corrected chi connectivity index (χ1v) is 8.72. The van der Waals surface area contributed by atoms with E-state index in [4.69, 9.17) is 4.74 Å². The van der Waals surface area contributed by atoms with Crippen molar-refractivity contribution in [3.05, 3.63) is 51.1 Å². The third-order valence-corrected chi connectivity index (χ3v) is 4.75. The quantitative estimate of drug-likeness (QED) is 0.371. The number of carbonyl (C=O) groups excluding carboxylic acids is 2. The summed E-state index contributed by atoms with van der Waals surface area (Å²) in [5, 5.41) is 14.9. The van der Waals surface area contributed by atoms with Crippen LogP contribution in [0.5, 0.6) is 0 Å². The van der Waals surface area contributed by atoms with E-state index in [1.54, 1.807) is 14.0 Å². The number of aryl methyl sites for hydroxylation is 1. The van der Waals surface area contributed by atoms with Gasteiger partial charge >= 0.3 is 5.97 Å². The molecule has 0 atom stereocenters. The first-order chi connectivity index (χ1) is 12.9. The molecule has 0 unspecified atom stereocenters. The average Bonchev–Trinajstić information content (AvgIpc) is 3.18. The van der Waals surface area contributed by atoms with Crippen molar-refractivity contribution >= 4 is 39.1 Å². The summed E-state index contributed by atoms with van der Waals surface area (Å²) in [4.78, 5) is 39.3. The summed E-state index contributed by atoms with van der Waals surface area (Å²) in [6.45, 7) is 1.74. The molecule has 3 aromatic rings. The summed E-state index contributed by atoms with van der Waals surface area (Å²) in [7, 11) is 1.61.